The largest absolute Gasteiger partial charge is 0.344 e. The highest BCUT2D eigenvalue weighted by molar-refractivity contribution is 7.71. The molecule has 4 nitrogen and oxygen atoms in total. The summed E-state index contributed by atoms with van der Waals surface area (Å²) in [6, 6.07) is 0.352. The summed E-state index contributed by atoms with van der Waals surface area (Å²) >= 11 is 5.24. The first-order valence-electron chi connectivity index (χ1n) is 5.97. The van der Waals surface area contributed by atoms with Crippen molar-refractivity contribution in [2.45, 2.75) is 39.2 Å². The summed E-state index contributed by atoms with van der Waals surface area (Å²) in [5, 5.41) is 7.20. The van der Waals surface area contributed by atoms with Crippen LogP contribution in [0.4, 0.5) is 5.95 Å². The zero-order chi connectivity index (χ0) is 11.7. The highest BCUT2D eigenvalue weighted by atomic mass is 32.1. The SMILES string of the molecule is CC(C)n1c(N(C)CC2CCC2)n[nH]c1=S. The predicted octanol–water partition coefficient (Wildman–Crippen LogP) is 2.76. The smallest absolute Gasteiger partial charge is 0.225 e. The lowest BCUT2D eigenvalue weighted by molar-refractivity contribution is 0.319. The Labute approximate surface area is 102 Å². The molecule has 5 heteroatoms. The van der Waals surface area contributed by atoms with Crippen LogP contribution in [0.3, 0.4) is 0 Å². The molecule has 1 aliphatic rings. The van der Waals surface area contributed by atoms with Crippen LogP contribution in [0, 0.1) is 10.7 Å². The van der Waals surface area contributed by atoms with Gasteiger partial charge in [0.05, 0.1) is 0 Å². The van der Waals surface area contributed by atoms with E-state index in [2.05, 4.69) is 40.6 Å². The minimum absolute atomic E-state index is 0.352. The minimum Gasteiger partial charge on any atom is -0.344 e. The molecule has 0 aliphatic heterocycles. The zero-order valence-electron chi connectivity index (χ0n) is 10.2. The van der Waals surface area contributed by atoms with Crippen LogP contribution in [-0.2, 0) is 0 Å². The van der Waals surface area contributed by atoms with Crippen LogP contribution >= 0.6 is 12.2 Å². The molecule has 2 rings (SSSR count). The van der Waals surface area contributed by atoms with Crippen LogP contribution in [0.1, 0.15) is 39.2 Å². The number of aromatic amines is 1. The van der Waals surface area contributed by atoms with Gasteiger partial charge in [-0.1, -0.05) is 6.42 Å². The third-order valence-corrected chi connectivity index (χ3v) is 3.59. The van der Waals surface area contributed by atoms with Gasteiger partial charge >= 0.3 is 0 Å². The molecular formula is C11H20N4S. The van der Waals surface area contributed by atoms with E-state index in [1.807, 2.05) is 0 Å². The Kier molecular flexibility index (Phi) is 3.33. The molecule has 1 heterocycles. The molecule has 1 N–H and O–H groups in total. The fourth-order valence-electron chi connectivity index (χ4n) is 2.18. The molecule has 0 saturated heterocycles. The number of H-pyrrole nitrogens is 1. The van der Waals surface area contributed by atoms with Gasteiger partial charge in [-0.2, -0.15) is 0 Å². The first kappa shape index (κ1) is 11.6. The number of anilines is 1. The van der Waals surface area contributed by atoms with Gasteiger partial charge in [-0.05, 0) is 44.8 Å². The number of hydrogen-bond donors (Lipinski definition) is 1. The Balaban J connectivity index is 2.15. The van der Waals surface area contributed by atoms with Crippen LogP contribution < -0.4 is 4.90 Å². The Morgan fingerprint density at radius 2 is 2.25 bits per heavy atom. The highest BCUT2D eigenvalue weighted by Crippen LogP contribution is 2.28. The van der Waals surface area contributed by atoms with Crippen molar-refractivity contribution in [3.63, 3.8) is 0 Å². The van der Waals surface area contributed by atoms with Gasteiger partial charge in [0.15, 0.2) is 4.77 Å². The molecule has 1 aromatic heterocycles. The summed E-state index contributed by atoms with van der Waals surface area (Å²) in [4.78, 5) is 2.22. The van der Waals surface area contributed by atoms with Crippen molar-refractivity contribution in [2.75, 3.05) is 18.5 Å². The third kappa shape index (κ3) is 2.14. The lowest BCUT2D eigenvalue weighted by Crippen LogP contribution is -2.31. The second-order valence-corrected chi connectivity index (χ2v) is 5.36. The van der Waals surface area contributed by atoms with E-state index in [4.69, 9.17) is 12.2 Å². The van der Waals surface area contributed by atoms with Crippen molar-refractivity contribution < 1.29 is 0 Å². The van der Waals surface area contributed by atoms with Crippen molar-refractivity contribution in [3.8, 4) is 0 Å². The molecule has 90 valence electrons. The molecule has 0 spiro atoms. The topological polar surface area (TPSA) is 36.9 Å². The molecule has 0 unspecified atom stereocenters. The van der Waals surface area contributed by atoms with Gasteiger partial charge in [0.25, 0.3) is 0 Å². The number of rotatable bonds is 4. The molecule has 0 radical (unpaired) electrons. The number of hydrogen-bond acceptors (Lipinski definition) is 3. The molecule has 1 aliphatic carbocycles. The van der Waals surface area contributed by atoms with Gasteiger partial charge in [0, 0.05) is 19.6 Å². The standard InChI is InChI=1S/C11H20N4S/c1-8(2)15-10(12-13-11(15)16)14(3)7-9-5-4-6-9/h8-9H,4-7H2,1-3H3,(H,13,16). The van der Waals surface area contributed by atoms with Crippen molar-refractivity contribution >= 4 is 18.2 Å². The van der Waals surface area contributed by atoms with E-state index in [1.54, 1.807) is 0 Å². The van der Waals surface area contributed by atoms with Gasteiger partial charge < -0.3 is 4.90 Å². The maximum Gasteiger partial charge on any atom is 0.225 e. The Morgan fingerprint density at radius 1 is 1.56 bits per heavy atom. The van der Waals surface area contributed by atoms with E-state index >= 15 is 0 Å². The minimum atomic E-state index is 0.352. The van der Waals surface area contributed by atoms with E-state index in [9.17, 15) is 0 Å². The van der Waals surface area contributed by atoms with Crippen LogP contribution in [0.5, 0.6) is 0 Å². The molecule has 1 fully saturated rings. The van der Waals surface area contributed by atoms with Crippen molar-refractivity contribution in [3.05, 3.63) is 4.77 Å². The lowest BCUT2D eigenvalue weighted by Gasteiger charge is -2.30. The average Bonchev–Trinajstić information content (AvgIpc) is 2.53. The van der Waals surface area contributed by atoms with Crippen LogP contribution in [-0.4, -0.2) is 28.4 Å². The fraction of sp³-hybridized carbons (Fsp3) is 0.818. The van der Waals surface area contributed by atoms with Gasteiger partial charge in [-0.15, -0.1) is 5.10 Å². The second kappa shape index (κ2) is 4.57. The third-order valence-electron chi connectivity index (χ3n) is 3.30. The second-order valence-electron chi connectivity index (χ2n) is 4.97. The van der Waals surface area contributed by atoms with Gasteiger partial charge in [0.2, 0.25) is 5.95 Å². The quantitative estimate of drug-likeness (QED) is 0.822. The Morgan fingerprint density at radius 3 is 2.75 bits per heavy atom. The maximum absolute atomic E-state index is 5.24. The Bertz CT molecular complexity index is 402. The molecule has 0 aromatic carbocycles. The first-order valence-corrected chi connectivity index (χ1v) is 6.38. The van der Waals surface area contributed by atoms with Crippen molar-refractivity contribution in [1.82, 2.24) is 14.8 Å². The fourth-order valence-corrected chi connectivity index (χ4v) is 2.51. The summed E-state index contributed by atoms with van der Waals surface area (Å²) < 4.78 is 2.79. The van der Waals surface area contributed by atoms with E-state index in [0.717, 1.165) is 18.4 Å². The van der Waals surface area contributed by atoms with Crippen molar-refractivity contribution in [1.29, 1.82) is 0 Å². The molecule has 1 saturated carbocycles. The van der Waals surface area contributed by atoms with Crippen molar-refractivity contribution in [2.24, 2.45) is 5.92 Å². The first-order chi connectivity index (χ1) is 7.59. The maximum atomic E-state index is 5.24. The van der Waals surface area contributed by atoms with Gasteiger partial charge in [-0.3, -0.25) is 4.57 Å². The number of aromatic nitrogens is 3. The summed E-state index contributed by atoms with van der Waals surface area (Å²) in [5.74, 6) is 1.81. The summed E-state index contributed by atoms with van der Waals surface area (Å²) in [7, 11) is 2.10. The summed E-state index contributed by atoms with van der Waals surface area (Å²) in [6.07, 6.45) is 4.10. The molecule has 0 atom stereocenters. The summed E-state index contributed by atoms with van der Waals surface area (Å²) in [5.41, 5.74) is 0. The van der Waals surface area contributed by atoms with E-state index in [0.29, 0.717) is 10.8 Å². The molecular weight excluding hydrogens is 220 g/mol. The van der Waals surface area contributed by atoms with Gasteiger partial charge in [-0.25, -0.2) is 5.10 Å². The highest BCUT2D eigenvalue weighted by Gasteiger charge is 2.21. The van der Waals surface area contributed by atoms with Crippen LogP contribution in [0.2, 0.25) is 0 Å². The van der Waals surface area contributed by atoms with E-state index in [1.165, 1.54) is 19.3 Å². The zero-order valence-corrected chi connectivity index (χ0v) is 11.0. The summed E-state index contributed by atoms with van der Waals surface area (Å²) in [6.45, 7) is 5.35. The molecule has 0 bridgehead atoms. The molecule has 16 heavy (non-hydrogen) atoms. The normalized spacial score (nSPS) is 16.5. The van der Waals surface area contributed by atoms with E-state index in [-0.39, 0.29) is 0 Å². The molecule has 0 amide bonds. The number of nitrogens with one attached hydrogen (secondary N) is 1. The molecule has 1 aromatic rings. The number of nitrogens with zero attached hydrogens (tertiary/aromatic N) is 3. The predicted molar refractivity (Wildman–Crippen MR) is 68.4 cm³/mol. The Hall–Kier alpha value is -0.840. The van der Waals surface area contributed by atoms with Crippen LogP contribution in [0.25, 0.3) is 0 Å². The average molecular weight is 240 g/mol. The van der Waals surface area contributed by atoms with Gasteiger partial charge in [0.1, 0.15) is 0 Å². The lowest BCUT2D eigenvalue weighted by atomic mass is 9.85. The van der Waals surface area contributed by atoms with Crippen LogP contribution in [0.15, 0.2) is 0 Å². The van der Waals surface area contributed by atoms with E-state index < -0.39 is 0 Å². The monoisotopic (exact) mass is 240 g/mol.